The lowest BCUT2D eigenvalue weighted by atomic mass is 10.2. The van der Waals surface area contributed by atoms with Gasteiger partial charge in [-0.25, -0.2) is 0 Å². The second-order valence-electron chi connectivity index (χ2n) is 2.41. The fourth-order valence-corrected chi connectivity index (χ4v) is 0.887. The number of aliphatic hydroxyl groups is 1. The van der Waals surface area contributed by atoms with Gasteiger partial charge in [-0.1, -0.05) is 6.07 Å². The molecule has 1 N–H and O–H groups in total. The van der Waals surface area contributed by atoms with Crippen molar-refractivity contribution in [3.63, 3.8) is 0 Å². The number of hydrogen-bond donors (Lipinski definition) is 1. The Kier molecular flexibility index (Phi) is 2.85. The van der Waals surface area contributed by atoms with Crippen LogP contribution >= 0.6 is 11.6 Å². The van der Waals surface area contributed by atoms with Crippen molar-refractivity contribution < 1.29 is 5.11 Å². The SMILES string of the molecule is Cc1ccc([C@@H](Cl)CO)nc1. The zero-order chi connectivity index (χ0) is 8.27. The molecule has 0 aromatic carbocycles. The van der Waals surface area contributed by atoms with Gasteiger partial charge >= 0.3 is 0 Å². The topological polar surface area (TPSA) is 33.1 Å². The van der Waals surface area contributed by atoms with Crippen LogP contribution < -0.4 is 0 Å². The standard InChI is InChI=1S/C8H10ClNO/c1-6-2-3-8(10-4-6)7(9)5-11/h2-4,7,11H,5H2,1H3/t7-/m0/s1. The summed E-state index contributed by atoms with van der Waals surface area (Å²) in [5.74, 6) is 0. The average molecular weight is 172 g/mol. The summed E-state index contributed by atoms with van der Waals surface area (Å²) in [7, 11) is 0. The molecule has 0 saturated heterocycles. The molecular formula is C8H10ClNO. The normalized spacial score (nSPS) is 13.0. The molecule has 0 fully saturated rings. The highest BCUT2D eigenvalue weighted by Crippen LogP contribution is 2.16. The third kappa shape index (κ3) is 2.17. The lowest BCUT2D eigenvalue weighted by Gasteiger charge is -2.03. The fraction of sp³-hybridized carbons (Fsp3) is 0.375. The minimum atomic E-state index is -0.379. The van der Waals surface area contributed by atoms with E-state index >= 15 is 0 Å². The van der Waals surface area contributed by atoms with Crippen molar-refractivity contribution in [2.24, 2.45) is 0 Å². The van der Waals surface area contributed by atoms with E-state index in [2.05, 4.69) is 4.98 Å². The Morgan fingerprint density at radius 3 is 2.82 bits per heavy atom. The number of aryl methyl sites for hydroxylation is 1. The third-order valence-electron chi connectivity index (χ3n) is 1.42. The summed E-state index contributed by atoms with van der Waals surface area (Å²) in [6.07, 6.45) is 1.74. The minimum absolute atomic E-state index is 0.0718. The van der Waals surface area contributed by atoms with Crippen LogP contribution in [0.3, 0.4) is 0 Å². The Bertz CT molecular complexity index is 222. The molecule has 1 rings (SSSR count). The van der Waals surface area contributed by atoms with Gasteiger partial charge in [-0.2, -0.15) is 0 Å². The summed E-state index contributed by atoms with van der Waals surface area (Å²) in [4.78, 5) is 4.06. The Labute approximate surface area is 70.8 Å². The number of rotatable bonds is 2. The van der Waals surface area contributed by atoms with Crippen LogP contribution in [-0.2, 0) is 0 Å². The summed E-state index contributed by atoms with van der Waals surface area (Å²) in [6.45, 7) is 1.89. The van der Waals surface area contributed by atoms with Gasteiger partial charge in [0.25, 0.3) is 0 Å². The van der Waals surface area contributed by atoms with Crippen LogP contribution in [0.15, 0.2) is 18.3 Å². The number of nitrogens with zero attached hydrogens (tertiary/aromatic N) is 1. The molecule has 1 atom stereocenters. The van der Waals surface area contributed by atoms with E-state index in [0.29, 0.717) is 0 Å². The van der Waals surface area contributed by atoms with Crippen LogP contribution in [0.5, 0.6) is 0 Å². The maximum Gasteiger partial charge on any atom is 0.0987 e. The first-order valence-electron chi connectivity index (χ1n) is 3.41. The van der Waals surface area contributed by atoms with Crippen LogP contribution in [0.25, 0.3) is 0 Å². The Hall–Kier alpha value is -0.600. The molecule has 11 heavy (non-hydrogen) atoms. The summed E-state index contributed by atoms with van der Waals surface area (Å²) in [6, 6.07) is 3.75. The number of aliphatic hydroxyl groups excluding tert-OH is 1. The van der Waals surface area contributed by atoms with Gasteiger partial charge in [0.1, 0.15) is 0 Å². The second kappa shape index (κ2) is 3.69. The number of aromatic nitrogens is 1. The molecule has 0 bridgehead atoms. The highest BCUT2D eigenvalue weighted by molar-refractivity contribution is 6.20. The van der Waals surface area contributed by atoms with E-state index in [0.717, 1.165) is 11.3 Å². The molecule has 3 heteroatoms. The van der Waals surface area contributed by atoms with Crippen molar-refractivity contribution in [2.45, 2.75) is 12.3 Å². The van der Waals surface area contributed by atoms with Crippen LogP contribution in [-0.4, -0.2) is 16.7 Å². The first-order valence-corrected chi connectivity index (χ1v) is 3.85. The van der Waals surface area contributed by atoms with Crippen molar-refractivity contribution in [2.75, 3.05) is 6.61 Å². The largest absolute Gasteiger partial charge is 0.394 e. The summed E-state index contributed by atoms with van der Waals surface area (Å²) in [5, 5.41) is 8.31. The quantitative estimate of drug-likeness (QED) is 0.687. The zero-order valence-electron chi connectivity index (χ0n) is 6.29. The lowest BCUT2D eigenvalue weighted by Crippen LogP contribution is -1.98. The molecule has 0 radical (unpaired) electrons. The van der Waals surface area contributed by atoms with E-state index in [9.17, 15) is 0 Å². The molecular weight excluding hydrogens is 162 g/mol. The van der Waals surface area contributed by atoms with E-state index in [4.69, 9.17) is 16.7 Å². The van der Waals surface area contributed by atoms with Crippen molar-refractivity contribution in [3.8, 4) is 0 Å². The summed E-state index contributed by atoms with van der Waals surface area (Å²) < 4.78 is 0. The predicted molar refractivity (Wildman–Crippen MR) is 44.7 cm³/mol. The van der Waals surface area contributed by atoms with Gasteiger partial charge in [-0.15, -0.1) is 11.6 Å². The lowest BCUT2D eigenvalue weighted by molar-refractivity contribution is 0.292. The van der Waals surface area contributed by atoms with Gasteiger partial charge < -0.3 is 5.11 Å². The van der Waals surface area contributed by atoms with E-state index in [1.54, 1.807) is 6.20 Å². The number of pyridine rings is 1. The second-order valence-corrected chi connectivity index (χ2v) is 2.94. The molecule has 60 valence electrons. The van der Waals surface area contributed by atoms with Crippen molar-refractivity contribution in [1.82, 2.24) is 4.98 Å². The van der Waals surface area contributed by atoms with Gasteiger partial charge in [-0.05, 0) is 18.6 Å². The van der Waals surface area contributed by atoms with E-state index in [1.165, 1.54) is 0 Å². The number of hydrogen-bond acceptors (Lipinski definition) is 2. The van der Waals surface area contributed by atoms with Crippen LogP contribution in [0, 0.1) is 6.92 Å². The fourth-order valence-electron chi connectivity index (χ4n) is 0.758. The molecule has 0 aliphatic carbocycles. The molecule has 1 aromatic heterocycles. The monoisotopic (exact) mass is 171 g/mol. The Morgan fingerprint density at radius 2 is 2.36 bits per heavy atom. The van der Waals surface area contributed by atoms with Gasteiger partial charge in [0.15, 0.2) is 0 Å². The highest BCUT2D eigenvalue weighted by Gasteiger charge is 2.05. The first kappa shape index (κ1) is 8.50. The molecule has 0 amide bonds. The molecule has 0 unspecified atom stereocenters. The molecule has 0 aliphatic rings. The molecule has 0 aliphatic heterocycles. The van der Waals surface area contributed by atoms with Crippen molar-refractivity contribution >= 4 is 11.6 Å². The molecule has 0 saturated carbocycles. The third-order valence-corrected chi connectivity index (χ3v) is 1.78. The maximum atomic E-state index is 8.69. The predicted octanol–water partition coefficient (Wildman–Crippen LogP) is 1.66. The van der Waals surface area contributed by atoms with Gasteiger partial charge in [0.05, 0.1) is 17.7 Å². The van der Waals surface area contributed by atoms with Crippen molar-refractivity contribution in [1.29, 1.82) is 0 Å². The highest BCUT2D eigenvalue weighted by atomic mass is 35.5. The zero-order valence-corrected chi connectivity index (χ0v) is 7.04. The van der Waals surface area contributed by atoms with Gasteiger partial charge in [0.2, 0.25) is 0 Å². The Morgan fingerprint density at radius 1 is 1.64 bits per heavy atom. The van der Waals surface area contributed by atoms with E-state index in [-0.39, 0.29) is 12.0 Å². The first-order chi connectivity index (χ1) is 5.24. The van der Waals surface area contributed by atoms with E-state index in [1.807, 2.05) is 19.1 Å². The molecule has 1 heterocycles. The summed E-state index contributed by atoms with van der Waals surface area (Å²) >= 11 is 5.73. The maximum absolute atomic E-state index is 8.69. The van der Waals surface area contributed by atoms with Crippen LogP contribution in [0.4, 0.5) is 0 Å². The summed E-state index contributed by atoms with van der Waals surface area (Å²) in [5.41, 5.74) is 1.82. The molecule has 1 aromatic rings. The van der Waals surface area contributed by atoms with Crippen LogP contribution in [0.1, 0.15) is 16.6 Å². The van der Waals surface area contributed by atoms with E-state index < -0.39 is 0 Å². The van der Waals surface area contributed by atoms with Crippen LogP contribution in [0.2, 0.25) is 0 Å². The smallest absolute Gasteiger partial charge is 0.0987 e. The number of halogens is 1. The number of alkyl halides is 1. The average Bonchev–Trinajstić information content (AvgIpc) is 2.05. The Balaban J connectivity index is 2.81. The van der Waals surface area contributed by atoms with Gasteiger partial charge in [-0.3, -0.25) is 4.98 Å². The molecule has 0 spiro atoms. The van der Waals surface area contributed by atoms with Crippen molar-refractivity contribution in [3.05, 3.63) is 29.6 Å². The minimum Gasteiger partial charge on any atom is -0.394 e. The van der Waals surface area contributed by atoms with Gasteiger partial charge in [0, 0.05) is 6.20 Å². The molecule has 2 nitrogen and oxygen atoms in total.